The SMILES string of the molecule is CCOc1ccc(CNc2ncnc3ccccc23)cc1OC. The van der Waals surface area contributed by atoms with Gasteiger partial charge in [0.15, 0.2) is 11.5 Å². The van der Waals surface area contributed by atoms with Gasteiger partial charge in [0.05, 0.1) is 19.2 Å². The van der Waals surface area contributed by atoms with Crippen molar-refractivity contribution >= 4 is 16.7 Å². The average Bonchev–Trinajstić information content (AvgIpc) is 2.61. The van der Waals surface area contributed by atoms with Crippen molar-refractivity contribution in [3.8, 4) is 11.5 Å². The van der Waals surface area contributed by atoms with Gasteiger partial charge >= 0.3 is 0 Å². The molecule has 0 fully saturated rings. The summed E-state index contributed by atoms with van der Waals surface area (Å²) < 4.78 is 10.9. The molecule has 1 heterocycles. The number of rotatable bonds is 6. The Morgan fingerprint density at radius 3 is 2.74 bits per heavy atom. The highest BCUT2D eigenvalue weighted by atomic mass is 16.5. The molecule has 0 aliphatic heterocycles. The van der Waals surface area contributed by atoms with Crippen LogP contribution < -0.4 is 14.8 Å². The van der Waals surface area contributed by atoms with Crippen LogP contribution >= 0.6 is 0 Å². The summed E-state index contributed by atoms with van der Waals surface area (Å²) in [6.45, 7) is 3.21. The van der Waals surface area contributed by atoms with Crippen LogP contribution in [0.1, 0.15) is 12.5 Å². The lowest BCUT2D eigenvalue weighted by atomic mass is 10.2. The molecule has 23 heavy (non-hydrogen) atoms. The van der Waals surface area contributed by atoms with Crippen molar-refractivity contribution in [2.45, 2.75) is 13.5 Å². The molecule has 3 aromatic rings. The summed E-state index contributed by atoms with van der Waals surface area (Å²) in [5, 5.41) is 4.37. The molecular weight excluding hydrogens is 290 g/mol. The van der Waals surface area contributed by atoms with Crippen LogP contribution in [0.25, 0.3) is 10.9 Å². The van der Waals surface area contributed by atoms with Crippen LogP contribution in [0.2, 0.25) is 0 Å². The van der Waals surface area contributed by atoms with E-state index in [9.17, 15) is 0 Å². The smallest absolute Gasteiger partial charge is 0.161 e. The number of fused-ring (bicyclic) bond motifs is 1. The summed E-state index contributed by atoms with van der Waals surface area (Å²) in [7, 11) is 1.65. The number of hydrogen-bond acceptors (Lipinski definition) is 5. The average molecular weight is 309 g/mol. The van der Waals surface area contributed by atoms with Gasteiger partial charge in [-0.25, -0.2) is 9.97 Å². The second-order valence-corrected chi connectivity index (χ2v) is 5.01. The van der Waals surface area contributed by atoms with Crippen molar-refractivity contribution in [3.05, 3.63) is 54.4 Å². The number of nitrogens with one attached hydrogen (secondary N) is 1. The van der Waals surface area contributed by atoms with Crippen LogP contribution in [0, 0.1) is 0 Å². The molecule has 0 radical (unpaired) electrons. The molecule has 118 valence electrons. The number of benzene rings is 2. The van der Waals surface area contributed by atoms with Crippen molar-refractivity contribution in [3.63, 3.8) is 0 Å². The Hall–Kier alpha value is -2.82. The largest absolute Gasteiger partial charge is 0.493 e. The zero-order valence-electron chi connectivity index (χ0n) is 13.2. The highest BCUT2D eigenvalue weighted by molar-refractivity contribution is 5.88. The fourth-order valence-electron chi connectivity index (χ4n) is 2.43. The molecule has 5 nitrogen and oxygen atoms in total. The summed E-state index contributed by atoms with van der Waals surface area (Å²) in [6, 6.07) is 13.9. The molecule has 0 amide bonds. The molecule has 0 atom stereocenters. The van der Waals surface area contributed by atoms with Crippen molar-refractivity contribution in [1.82, 2.24) is 9.97 Å². The molecule has 0 spiro atoms. The Balaban J connectivity index is 1.80. The minimum Gasteiger partial charge on any atom is -0.493 e. The minimum atomic E-state index is 0.612. The van der Waals surface area contributed by atoms with Gasteiger partial charge in [0.2, 0.25) is 0 Å². The van der Waals surface area contributed by atoms with E-state index in [2.05, 4.69) is 15.3 Å². The number of nitrogens with zero attached hydrogens (tertiary/aromatic N) is 2. The molecule has 0 saturated heterocycles. The highest BCUT2D eigenvalue weighted by Gasteiger charge is 2.07. The fraction of sp³-hybridized carbons (Fsp3) is 0.222. The first kappa shape index (κ1) is 15.1. The monoisotopic (exact) mass is 309 g/mol. The summed E-state index contributed by atoms with van der Waals surface area (Å²) in [5.74, 6) is 2.31. The molecule has 5 heteroatoms. The van der Waals surface area contributed by atoms with Crippen molar-refractivity contribution in [2.24, 2.45) is 0 Å². The van der Waals surface area contributed by atoms with Gasteiger partial charge in [0.1, 0.15) is 12.1 Å². The van der Waals surface area contributed by atoms with Crippen LogP contribution in [0.4, 0.5) is 5.82 Å². The van der Waals surface area contributed by atoms with Crippen molar-refractivity contribution < 1.29 is 9.47 Å². The first-order valence-corrected chi connectivity index (χ1v) is 7.55. The second kappa shape index (κ2) is 6.96. The van der Waals surface area contributed by atoms with E-state index in [1.165, 1.54) is 0 Å². The standard InChI is InChI=1S/C18H19N3O2/c1-3-23-16-9-8-13(10-17(16)22-2)11-19-18-14-6-4-5-7-15(14)20-12-21-18/h4-10,12H,3,11H2,1-2H3,(H,19,20,21). The third-order valence-electron chi connectivity index (χ3n) is 3.53. The van der Waals surface area contributed by atoms with Crippen LogP contribution in [0.3, 0.4) is 0 Å². The van der Waals surface area contributed by atoms with E-state index in [4.69, 9.17) is 9.47 Å². The van der Waals surface area contributed by atoms with E-state index in [1.54, 1.807) is 13.4 Å². The molecule has 1 aromatic heterocycles. The van der Waals surface area contributed by atoms with Gasteiger partial charge < -0.3 is 14.8 Å². The van der Waals surface area contributed by atoms with E-state index in [0.717, 1.165) is 33.8 Å². The zero-order chi connectivity index (χ0) is 16.1. The van der Waals surface area contributed by atoms with Crippen LogP contribution in [0.15, 0.2) is 48.8 Å². The van der Waals surface area contributed by atoms with Gasteiger partial charge in [-0.15, -0.1) is 0 Å². The summed E-state index contributed by atoms with van der Waals surface area (Å²) in [6.07, 6.45) is 1.57. The Bertz CT molecular complexity index is 800. The second-order valence-electron chi connectivity index (χ2n) is 5.01. The first-order valence-electron chi connectivity index (χ1n) is 7.55. The Labute approximate surface area is 135 Å². The third kappa shape index (κ3) is 3.34. The maximum atomic E-state index is 5.54. The number of hydrogen-bond donors (Lipinski definition) is 1. The van der Waals surface area contributed by atoms with Gasteiger partial charge in [-0.3, -0.25) is 0 Å². The molecule has 1 N–H and O–H groups in total. The Morgan fingerprint density at radius 1 is 1.04 bits per heavy atom. The van der Waals surface area contributed by atoms with Gasteiger partial charge in [-0.1, -0.05) is 18.2 Å². The lowest BCUT2D eigenvalue weighted by molar-refractivity contribution is 0.310. The number of methoxy groups -OCH3 is 1. The van der Waals surface area contributed by atoms with E-state index < -0.39 is 0 Å². The van der Waals surface area contributed by atoms with Crippen molar-refractivity contribution in [1.29, 1.82) is 0 Å². The van der Waals surface area contributed by atoms with E-state index >= 15 is 0 Å². The Morgan fingerprint density at radius 2 is 1.91 bits per heavy atom. The van der Waals surface area contributed by atoms with E-state index in [1.807, 2.05) is 49.4 Å². The lowest BCUT2D eigenvalue weighted by Gasteiger charge is -2.12. The van der Waals surface area contributed by atoms with Gasteiger partial charge in [0.25, 0.3) is 0 Å². The molecule has 0 bridgehead atoms. The van der Waals surface area contributed by atoms with E-state index in [0.29, 0.717) is 13.2 Å². The highest BCUT2D eigenvalue weighted by Crippen LogP contribution is 2.28. The van der Waals surface area contributed by atoms with Crippen molar-refractivity contribution in [2.75, 3.05) is 19.0 Å². The molecule has 0 aliphatic carbocycles. The minimum absolute atomic E-state index is 0.612. The maximum Gasteiger partial charge on any atom is 0.161 e. The zero-order valence-corrected chi connectivity index (χ0v) is 13.2. The topological polar surface area (TPSA) is 56.3 Å². The molecule has 0 saturated carbocycles. The number of aromatic nitrogens is 2. The normalized spacial score (nSPS) is 10.5. The molecule has 0 aliphatic rings. The van der Waals surface area contributed by atoms with Gasteiger partial charge in [-0.05, 0) is 36.8 Å². The van der Waals surface area contributed by atoms with Gasteiger partial charge in [0, 0.05) is 11.9 Å². The predicted octanol–water partition coefficient (Wildman–Crippen LogP) is 3.65. The molecule has 2 aromatic carbocycles. The lowest BCUT2D eigenvalue weighted by Crippen LogP contribution is -2.03. The van der Waals surface area contributed by atoms with E-state index in [-0.39, 0.29) is 0 Å². The maximum absolute atomic E-state index is 5.54. The summed E-state index contributed by atoms with van der Waals surface area (Å²) in [4.78, 5) is 8.60. The quantitative estimate of drug-likeness (QED) is 0.753. The number of para-hydroxylation sites is 1. The molecule has 0 unspecified atom stereocenters. The molecule has 3 rings (SSSR count). The number of anilines is 1. The third-order valence-corrected chi connectivity index (χ3v) is 3.53. The summed E-state index contributed by atoms with van der Waals surface area (Å²) in [5.41, 5.74) is 2.02. The fourth-order valence-corrected chi connectivity index (χ4v) is 2.43. The number of ether oxygens (including phenoxy) is 2. The van der Waals surface area contributed by atoms with Crippen LogP contribution in [0.5, 0.6) is 11.5 Å². The molecular formula is C18H19N3O2. The Kier molecular flexibility index (Phi) is 4.57. The van der Waals surface area contributed by atoms with Crippen LogP contribution in [-0.4, -0.2) is 23.7 Å². The van der Waals surface area contributed by atoms with Gasteiger partial charge in [-0.2, -0.15) is 0 Å². The predicted molar refractivity (Wildman–Crippen MR) is 91.0 cm³/mol. The summed E-state index contributed by atoms with van der Waals surface area (Å²) >= 11 is 0. The van der Waals surface area contributed by atoms with Crippen LogP contribution in [-0.2, 0) is 6.54 Å². The first-order chi connectivity index (χ1) is 11.3.